The summed E-state index contributed by atoms with van der Waals surface area (Å²) in [5, 5.41) is 6.68. The van der Waals surface area contributed by atoms with Crippen LogP contribution in [0.25, 0.3) is 0 Å². The summed E-state index contributed by atoms with van der Waals surface area (Å²) in [4.78, 5) is 7.31. The van der Waals surface area contributed by atoms with Crippen molar-refractivity contribution in [3.8, 4) is 0 Å². The van der Waals surface area contributed by atoms with Crippen LogP contribution in [0, 0.1) is 0 Å². The number of nitrogens with zero attached hydrogens (tertiary/aromatic N) is 2. The number of sulfonamides is 1. The van der Waals surface area contributed by atoms with E-state index in [1.54, 1.807) is 24.5 Å². The van der Waals surface area contributed by atoms with Gasteiger partial charge in [-0.1, -0.05) is 12.1 Å². The molecule has 9 heteroatoms. The highest BCUT2D eigenvalue weighted by Gasteiger charge is 2.25. The fourth-order valence-electron chi connectivity index (χ4n) is 3.58. The van der Waals surface area contributed by atoms with Crippen LogP contribution in [0.15, 0.2) is 57.0 Å². The second kappa shape index (κ2) is 10.6. The molecular formula is C21H31N5O3S. The summed E-state index contributed by atoms with van der Waals surface area (Å²) in [6, 6.07) is 10.9. The van der Waals surface area contributed by atoms with Crippen molar-refractivity contribution in [2.75, 3.05) is 33.2 Å². The standard InChI is InChI=1S/C21H31N5O3S/c1-3-23-21(24-15-17-8-6-9-18(14-17)30(27,28)22-2)25-16-19(20-10-7-13-29-20)26-11-4-5-12-26/h6-10,13-14,19,22H,3-5,11-12,15-16H2,1-2H3,(H2,23,24,25). The van der Waals surface area contributed by atoms with Gasteiger partial charge in [0.2, 0.25) is 10.0 Å². The van der Waals surface area contributed by atoms with Crippen LogP contribution < -0.4 is 15.4 Å². The second-order valence-corrected chi connectivity index (χ2v) is 9.09. The number of aliphatic imine (C=N–C) groups is 1. The topological polar surface area (TPSA) is 99.0 Å². The largest absolute Gasteiger partial charge is 0.468 e. The molecular weight excluding hydrogens is 402 g/mol. The van der Waals surface area contributed by atoms with Crippen molar-refractivity contribution in [2.45, 2.75) is 37.2 Å². The number of benzene rings is 1. The second-order valence-electron chi connectivity index (χ2n) is 7.21. The fraction of sp³-hybridized carbons (Fsp3) is 0.476. The van der Waals surface area contributed by atoms with Gasteiger partial charge in [0.25, 0.3) is 0 Å². The summed E-state index contributed by atoms with van der Waals surface area (Å²) in [5.74, 6) is 1.64. The highest BCUT2D eigenvalue weighted by atomic mass is 32.2. The number of rotatable bonds is 9. The quantitative estimate of drug-likeness (QED) is 0.414. The number of hydrogen-bond acceptors (Lipinski definition) is 5. The average molecular weight is 434 g/mol. The molecule has 1 aliphatic heterocycles. The summed E-state index contributed by atoms with van der Waals surface area (Å²) in [7, 11) is -2.07. The highest BCUT2D eigenvalue weighted by molar-refractivity contribution is 7.89. The molecule has 0 radical (unpaired) electrons. The van der Waals surface area contributed by atoms with E-state index in [-0.39, 0.29) is 10.9 Å². The molecule has 2 heterocycles. The van der Waals surface area contributed by atoms with Crippen LogP contribution in [-0.2, 0) is 16.6 Å². The zero-order valence-electron chi connectivity index (χ0n) is 17.6. The highest BCUT2D eigenvalue weighted by Crippen LogP contribution is 2.24. The molecule has 1 aromatic carbocycles. The van der Waals surface area contributed by atoms with E-state index in [4.69, 9.17) is 4.42 Å². The van der Waals surface area contributed by atoms with Gasteiger partial charge in [0.1, 0.15) is 5.76 Å². The van der Waals surface area contributed by atoms with E-state index in [9.17, 15) is 8.42 Å². The van der Waals surface area contributed by atoms with Gasteiger partial charge in [0, 0.05) is 13.1 Å². The summed E-state index contributed by atoms with van der Waals surface area (Å²) < 4.78 is 32.1. The molecule has 0 amide bonds. The van der Waals surface area contributed by atoms with Crippen LogP contribution in [0.2, 0.25) is 0 Å². The first kappa shape index (κ1) is 22.3. The SMILES string of the molecule is CCNC(=NCc1cccc(S(=O)(=O)NC)c1)NCC(c1ccco1)N1CCCC1. The van der Waals surface area contributed by atoms with Gasteiger partial charge >= 0.3 is 0 Å². The van der Waals surface area contributed by atoms with Crippen LogP contribution in [-0.4, -0.2) is 52.5 Å². The van der Waals surface area contributed by atoms with Crippen molar-refractivity contribution in [3.63, 3.8) is 0 Å². The van der Waals surface area contributed by atoms with Crippen LogP contribution in [0.3, 0.4) is 0 Å². The van der Waals surface area contributed by atoms with E-state index in [0.717, 1.165) is 31.0 Å². The van der Waals surface area contributed by atoms with Gasteiger partial charge in [-0.3, -0.25) is 4.90 Å². The van der Waals surface area contributed by atoms with Gasteiger partial charge in [0.15, 0.2) is 5.96 Å². The Morgan fingerprint density at radius 3 is 2.67 bits per heavy atom. The molecule has 1 saturated heterocycles. The summed E-state index contributed by atoms with van der Waals surface area (Å²) in [6.45, 7) is 5.92. The Hall–Kier alpha value is -2.36. The monoisotopic (exact) mass is 433 g/mol. The smallest absolute Gasteiger partial charge is 0.240 e. The number of hydrogen-bond donors (Lipinski definition) is 3. The van der Waals surface area contributed by atoms with Crippen molar-refractivity contribution < 1.29 is 12.8 Å². The minimum atomic E-state index is -3.47. The van der Waals surface area contributed by atoms with Gasteiger partial charge in [-0.15, -0.1) is 0 Å². The molecule has 164 valence electrons. The van der Waals surface area contributed by atoms with Crippen molar-refractivity contribution in [3.05, 3.63) is 54.0 Å². The molecule has 0 bridgehead atoms. The molecule has 3 N–H and O–H groups in total. The van der Waals surface area contributed by atoms with Gasteiger partial charge in [-0.05, 0) is 69.7 Å². The number of furan rings is 1. The third kappa shape index (κ3) is 5.84. The minimum Gasteiger partial charge on any atom is -0.468 e. The first-order chi connectivity index (χ1) is 14.5. The Kier molecular flexibility index (Phi) is 7.89. The average Bonchev–Trinajstić information content (AvgIpc) is 3.47. The fourth-order valence-corrected chi connectivity index (χ4v) is 4.38. The number of guanidine groups is 1. The molecule has 1 aliphatic rings. The van der Waals surface area contributed by atoms with Gasteiger partial charge < -0.3 is 15.1 Å². The molecule has 0 saturated carbocycles. The van der Waals surface area contributed by atoms with Crippen LogP contribution in [0.4, 0.5) is 0 Å². The molecule has 0 spiro atoms. The third-order valence-corrected chi connectivity index (χ3v) is 6.57. The Labute approximate surface area is 178 Å². The van der Waals surface area contributed by atoms with Crippen molar-refractivity contribution in [1.82, 2.24) is 20.3 Å². The Bertz CT molecular complexity index is 922. The van der Waals surface area contributed by atoms with Crippen LogP contribution >= 0.6 is 0 Å². The molecule has 30 heavy (non-hydrogen) atoms. The van der Waals surface area contributed by atoms with Crippen molar-refractivity contribution >= 4 is 16.0 Å². The molecule has 3 rings (SSSR count). The molecule has 1 unspecified atom stereocenters. The van der Waals surface area contributed by atoms with Crippen molar-refractivity contribution in [1.29, 1.82) is 0 Å². The third-order valence-electron chi connectivity index (χ3n) is 5.16. The molecule has 1 aromatic heterocycles. The lowest BCUT2D eigenvalue weighted by molar-refractivity contribution is 0.215. The van der Waals surface area contributed by atoms with Gasteiger partial charge in [0.05, 0.1) is 23.7 Å². The lowest BCUT2D eigenvalue weighted by Crippen LogP contribution is -2.42. The van der Waals surface area contributed by atoms with Gasteiger partial charge in [-0.2, -0.15) is 0 Å². The minimum absolute atomic E-state index is 0.149. The maximum atomic E-state index is 12.0. The zero-order chi connectivity index (χ0) is 21.4. The lowest BCUT2D eigenvalue weighted by Gasteiger charge is -2.26. The van der Waals surface area contributed by atoms with E-state index < -0.39 is 10.0 Å². The molecule has 0 aliphatic carbocycles. The predicted molar refractivity (Wildman–Crippen MR) is 118 cm³/mol. The molecule has 2 aromatic rings. The van der Waals surface area contributed by atoms with Crippen molar-refractivity contribution in [2.24, 2.45) is 4.99 Å². The number of likely N-dealkylation sites (tertiary alicyclic amines) is 1. The molecule has 1 fully saturated rings. The summed E-state index contributed by atoms with van der Waals surface area (Å²) >= 11 is 0. The Morgan fingerprint density at radius 1 is 1.20 bits per heavy atom. The first-order valence-corrected chi connectivity index (χ1v) is 11.8. The van der Waals surface area contributed by atoms with Gasteiger partial charge in [-0.25, -0.2) is 18.1 Å². The van der Waals surface area contributed by atoms with E-state index in [1.165, 1.54) is 19.9 Å². The maximum absolute atomic E-state index is 12.0. The number of nitrogens with one attached hydrogen (secondary N) is 3. The van der Waals surface area contributed by atoms with E-state index >= 15 is 0 Å². The first-order valence-electron chi connectivity index (χ1n) is 10.4. The van der Waals surface area contributed by atoms with Crippen LogP contribution in [0.1, 0.15) is 37.1 Å². The lowest BCUT2D eigenvalue weighted by atomic mass is 10.2. The van der Waals surface area contributed by atoms with E-state index in [2.05, 4.69) is 25.2 Å². The Balaban J connectivity index is 1.69. The normalized spacial score (nSPS) is 16.5. The van der Waals surface area contributed by atoms with E-state index in [0.29, 0.717) is 19.0 Å². The summed E-state index contributed by atoms with van der Waals surface area (Å²) in [5.41, 5.74) is 0.825. The molecule has 8 nitrogen and oxygen atoms in total. The maximum Gasteiger partial charge on any atom is 0.240 e. The summed E-state index contributed by atoms with van der Waals surface area (Å²) in [6.07, 6.45) is 4.12. The van der Waals surface area contributed by atoms with Crippen LogP contribution in [0.5, 0.6) is 0 Å². The Morgan fingerprint density at radius 2 is 2.00 bits per heavy atom. The molecule has 1 atom stereocenters. The predicted octanol–water partition coefficient (Wildman–Crippen LogP) is 2.08. The zero-order valence-corrected chi connectivity index (χ0v) is 18.4. The van der Waals surface area contributed by atoms with E-state index in [1.807, 2.05) is 25.1 Å².